The molecule has 0 aliphatic carbocycles. The smallest absolute Gasteiger partial charge is 0.258 e. The lowest BCUT2D eigenvalue weighted by atomic mass is 10.1. The third kappa shape index (κ3) is 5.11. The average Bonchev–Trinajstić information content (AvgIpc) is 2.92. The minimum Gasteiger partial charge on any atom is -0.484 e. The summed E-state index contributed by atoms with van der Waals surface area (Å²) in [6.07, 6.45) is 7.12. The molecule has 26 heavy (non-hydrogen) atoms. The lowest BCUT2D eigenvalue weighted by Gasteiger charge is -2.31. The van der Waals surface area contributed by atoms with Gasteiger partial charge in [0, 0.05) is 25.5 Å². The summed E-state index contributed by atoms with van der Waals surface area (Å²) < 4.78 is 7.70. The molecule has 1 fully saturated rings. The highest BCUT2D eigenvalue weighted by Gasteiger charge is 2.23. The van der Waals surface area contributed by atoms with Crippen LogP contribution in [0.2, 0.25) is 0 Å². The van der Waals surface area contributed by atoms with Gasteiger partial charge in [-0.1, -0.05) is 31.0 Å². The fourth-order valence-corrected chi connectivity index (χ4v) is 3.58. The molecule has 140 valence electrons. The van der Waals surface area contributed by atoms with E-state index >= 15 is 0 Å². The van der Waals surface area contributed by atoms with E-state index in [4.69, 9.17) is 4.74 Å². The number of hydrogen-bond donors (Lipinski definition) is 1. The second-order valence-corrected chi connectivity index (χ2v) is 6.92. The summed E-state index contributed by atoms with van der Waals surface area (Å²) in [6, 6.07) is 13.9. The van der Waals surface area contributed by atoms with E-state index in [0.717, 1.165) is 13.1 Å². The van der Waals surface area contributed by atoms with E-state index in [2.05, 4.69) is 40.2 Å². The van der Waals surface area contributed by atoms with Gasteiger partial charge in [0.2, 0.25) is 0 Å². The third-order valence-corrected chi connectivity index (χ3v) is 5.01. The summed E-state index contributed by atoms with van der Waals surface area (Å²) in [4.78, 5) is 14.8. The molecule has 3 rings (SSSR count). The third-order valence-electron chi connectivity index (χ3n) is 5.01. The van der Waals surface area contributed by atoms with E-state index in [1.807, 2.05) is 30.3 Å². The molecule has 0 spiro atoms. The minimum atomic E-state index is -0.0807. The lowest BCUT2D eigenvalue weighted by molar-refractivity contribution is -0.123. The van der Waals surface area contributed by atoms with Crippen LogP contribution in [0, 0.1) is 0 Å². The Balaban J connectivity index is 1.58. The molecule has 0 bridgehead atoms. The summed E-state index contributed by atoms with van der Waals surface area (Å²) in [7, 11) is 2.07. The second kappa shape index (κ2) is 9.43. The van der Waals surface area contributed by atoms with Crippen LogP contribution in [0.4, 0.5) is 0 Å². The summed E-state index contributed by atoms with van der Waals surface area (Å²) >= 11 is 0. The Morgan fingerprint density at radius 2 is 1.81 bits per heavy atom. The Kier molecular flexibility index (Phi) is 6.72. The first-order chi connectivity index (χ1) is 12.7. The monoisotopic (exact) mass is 355 g/mol. The number of carbonyl (C=O) groups is 1. The van der Waals surface area contributed by atoms with Crippen LogP contribution >= 0.6 is 0 Å². The van der Waals surface area contributed by atoms with Crippen molar-refractivity contribution in [1.82, 2.24) is 14.8 Å². The lowest BCUT2D eigenvalue weighted by Crippen LogP contribution is -2.40. The van der Waals surface area contributed by atoms with Gasteiger partial charge >= 0.3 is 0 Å². The molecule has 0 saturated carbocycles. The summed E-state index contributed by atoms with van der Waals surface area (Å²) in [5.74, 6) is 0.636. The number of nitrogens with one attached hydrogen (secondary N) is 1. The van der Waals surface area contributed by atoms with Gasteiger partial charge in [-0.15, -0.1) is 0 Å². The molecule has 1 aromatic heterocycles. The van der Waals surface area contributed by atoms with Gasteiger partial charge in [-0.05, 0) is 50.2 Å². The van der Waals surface area contributed by atoms with Crippen molar-refractivity contribution in [2.75, 3.05) is 26.2 Å². The highest BCUT2D eigenvalue weighted by Crippen LogP contribution is 2.24. The molecular weight excluding hydrogens is 326 g/mol. The van der Waals surface area contributed by atoms with Crippen molar-refractivity contribution in [3.8, 4) is 5.75 Å². The number of likely N-dealkylation sites (tertiary alicyclic amines) is 1. The zero-order valence-electron chi connectivity index (χ0n) is 15.6. The second-order valence-electron chi connectivity index (χ2n) is 6.92. The quantitative estimate of drug-likeness (QED) is 0.830. The molecule has 1 aromatic carbocycles. The van der Waals surface area contributed by atoms with Gasteiger partial charge < -0.3 is 14.6 Å². The topological polar surface area (TPSA) is 46.5 Å². The predicted molar refractivity (Wildman–Crippen MR) is 103 cm³/mol. The molecule has 2 aromatic rings. The van der Waals surface area contributed by atoms with Crippen molar-refractivity contribution in [3.63, 3.8) is 0 Å². The van der Waals surface area contributed by atoms with E-state index in [9.17, 15) is 4.79 Å². The van der Waals surface area contributed by atoms with Crippen molar-refractivity contribution < 1.29 is 9.53 Å². The summed E-state index contributed by atoms with van der Waals surface area (Å²) in [5.41, 5.74) is 1.25. The Bertz CT molecular complexity index is 676. The summed E-state index contributed by atoms with van der Waals surface area (Å²) in [6.45, 7) is 2.83. The summed E-state index contributed by atoms with van der Waals surface area (Å²) in [5, 5.41) is 3.07. The van der Waals surface area contributed by atoms with Gasteiger partial charge in [-0.3, -0.25) is 9.69 Å². The van der Waals surface area contributed by atoms with Crippen molar-refractivity contribution in [3.05, 3.63) is 54.4 Å². The number of aryl methyl sites for hydroxylation is 1. The maximum Gasteiger partial charge on any atom is 0.258 e. The van der Waals surface area contributed by atoms with Crippen molar-refractivity contribution in [1.29, 1.82) is 0 Å². The first kappa shape index (κ1) is 18.5. The molecule has 5 nitrogen and oxygen atoms in total. The standard InChI is InChI=1S/C21H29N3O2/c1-23-13-9-12-19(23)20(24-14-7-2-3-8-15-24)16-22-21(25)17-26-18-10-5-4-6-11-18/h4-6,9-13,20H,2-3,7-8,14-17H2,1H3,(H,22,25). The van der Waals surface area contributed by atoms with Crippen molar-refractivity contribution >= 4 is 5.91 Å². The van der Waals surface area contributed by atoms with Crippen LogP contribution in [0.25, 0.3) is 0 Å². The molecule has 1 aliphatic rings. The largest absolute Gasteiger partial charge is 0.484 e. The molecule has 0 radical (unpaired) electrons. The highest BCUT2D eigenvalue weighted by atomic mass is 16.5. The van der Waals surface area contributed by atoms with Gasteiger partial charge in [0.25, 0.3) is 5.91 Å². The molecule has 2 heterocycles. The maximum absolute atomic E-state index is 12.3. The van der Waals surface area contributed by atoms with Gasteiger partial charge in [-0.25, -0.2) is 0 Å². The van der Waals surface area contributed by atoms with Gasteiger partial charge in [0.15, 0.2) is 6.61 Å². The number of carbonyl (C=O) groups excluding carboxylic acids is 1. The Hall–Kier alpha value is -2.27. The number of para-hydroxylation sites is 1. The molecule has 1 saturated heterocycles. The molecular formula is C21H29N3O2. The fourth-order valence-electron chi connectivity index (χ4n) is 3.58. The molecule has 1 atom stereocenters. The molecule has 1 amide bonds. The van der Waals surface area contributed by atoms with E-state index < -0.39 is 0 Å². The van der Waals surface area contributed by atoms with Crippen LogP contribution in [-0.2, 0) is 11.8 Å². The first-order valence-corrected chi connectivity index (χ1v) is 9.54. The van der Waals surface area contributed by atoms with Gasteiger partial charge in [0.05, 0.1) is 6.04 Å². The first-order valence-electron chi connectivity index (χ1n) is 9.54. The molecule has 5 heteroatoms. The highest BCUT2D eigenvalue weighted by molar-refractivity contribution is 5.77. The molecule has 1 unspecified atom stereocenters. The van der Waals surface area contributed by atoms with Gasteiger partial charge in [0.1, 0.15) is 5.75 Å². The van der Waals surface area contributed by atoms with Crippen molar-refractivity contribution in [2.45, 2.75) is 31.7 Å². The predicted octanol–water partition coefficient (Wildman–Crippen LogP) is 3.14. The number of nitrogens with zero attached hydrogens (tertiary/aromatic N) is 2. The number of benzene rings is 1. The van der Waals surface area contributed by atoms with E-state index in [1.165, 1.54) is 31.4 Å². The van der Waals surface area contributed by atoms with Crippen LogP contribution < -0.4 is 10.1 Å². The van der Waals surface area contributed by atoms with Crippen molar-refractivity contribution in [2.24, 2.45) is 7.05 Å². The van der Waals surface area contributed by atoms with Gasteiger partial charge in [-0.2, -0.15) is 0 Å². The Morgan fingerprint density at radius 3 is 2.46 bits per heavy atom. The Labute approximate surface area is 156 Å². The van der Waals surface area contributed by atoms with Crippen LogP contribution in [0.15, 0.2) is 48.7 Å². The molecule has 1 aliphatic heterocycles. The van der Waals surface area contributed by atoms with Crippen LogP contribution in [-0.4, -0.2) is 41.6 Å². The van der Waals surface area contributed by atoms with E-state index in [1.54, 1.807) is 0 Å². The molecule has 1 N–H and O–H groups in total. The SMILES string of the molecule is Cn1cccc1C(CNC(=O)COc1ccccc1)N1CCCCCC1. The van der Waals surface area contributed by atoms with Crippen LogP contribution in [0.3, 0.4) is 0 Å². The number of rotatable bonds is 7. The number of amides is 1. The average molecular weight is 355 g/mol. The minimum absolute atomic E-state index is 0.0455. The van der Waals surface area contributed by atoms with Crippen LogP contribution in [0.1, 0.15) is 37.4 Å². The number of aromatic nitrogens is 1. The van der Waals surface area contributed by atoms with E-state index in [-0.39, 0.29) is 18.6 Å². The van der Waals surface area contributed by atoms with Crippen LogP contribution in [0.5, 0.6) is 5.75 Å². The van der Waals surface area contributed by atoms with E-state index in [0.29, 0.717) is 12.3 Å². The zero-order chi connectivity index (χ0) is 18.2. The number of hydrogen-bond acceptors (Lipinski definition) is 3. The zero-order valence-corrected chi connectivity index (χ0v) is 15.6. The maximum atomic E-state index is 12.3. The fraction of sp³-hybridized carbons (Fsp3) is 0.476. The number of ether oxygens (including phenoxy) is 1. The normalized spacial score (nSPS) is 16.7. The Morgan fingerprint density at radius 1 is 1.08 bits per heavy atom.